The fraction of sp³-hybridized carbons (Fsp3) is 0.400. The Morgan fingerprint density at radius 1 is 0.889 bits per heavy atom. The van der Waals surface area contributed by atoms with Crippen molar-refractivity contribution in [3.8, 4) is 11.5 Å². The Balaban J connectivity index is 1.79. The molecule has 1 saturated heterocycles. The maximum absolute atomic E-state index is 13.0. The second-order valence-electron chi connectivity index (χ2n) is 6.70. The number of methoxy groups -OCH3 is 2. The maximum Gasteiger partial charge on any atom is 0.243 e. The van der Waals surface area contributed by atoms with Gasteiger partial charge in [0.2, 0.25) is 10.0 Å². The molecule has 0 bridgehead atoms. The zero-order chi connectivity index (χ0) is 19.6. The lowest BCUT2D eigenvalue weighted by molar-refractivity contribution is 0.376. The molecule has 6 nitrogen and oxygen atoms in total. The zero-order valence-electron chi connectivity index (χ0n) is 16.2. The van der Waals surface area contributed by atoms with E-state index in [2.05, 4.69) is 4.90 Å². The van der Waals surface area contributed by atoms with E-state index < -0.39 is 10.0 Å². The van der Waals surface area contributed by atoms with Gasteiger partial charge in [-0.05, 0) is 37.6 Å². The Morgan fingerprint density at radius 3 is 2.19 bits per heavy atom. The van der Waals surface area contributed by atoms with Gasteiger partial charge in [0, 0.05) is 32.2 Å². The summed E-state index contributed by atoms with van der Waals surface area (Å²) in [7, 11) is -0.237. The van der Waals surface area contributed by atoms with E-state index in [1.54, 1.807) is 24.6 Å². The molecule has 2 aromatic carbocycles. The third-order valence-electron chi connectivity index (χ3n) is 4.91. The Morgan fingerprint density at radius 2 is 1.59 bits per heavy atom. The van der Waals surface area contributed by atoms with Crippen LogP contribution in [0.1, 0.15) is 11.1 Å². The van der Waals surface area contributed by atoms with Crippen molar-refractivity contribution in [1.29, 1.82) is 0 Å². The smallest absolute Gasteiger partial charge is 0.243 e. The van der Waals surface area contributed by atoms with E-state index in [9.17, 15) is 8.42 Å². The lowest BCUT2D eigenvalue weighted by Gasteiger charge is -2.36. The van der Waals surface area contributed by atoms with Crippen molar-refractivity contribution in [2.75, 3.05) is 45.3 Å². The third kappa shape index (κ3) is 3.89. The average Bonchev–Trinajstić information content (AvgIpc) is 2.67. The van der Waals surface area contributed by atoms with Gasteiger partial charge in [-0.25, -0.2) is 8.42 Å². The van der Waals surface area contributed by atoms with Crippen LogP contribution in [0, 0.1) is 13.8 Å². The largest absolute Gasteiger partial charge is 0.497 e. The van der Waals surface area contributed by atoms with Crippen LogP contribution in [0.3, 0.4) is 0 Å². The molecule has 2 aromatic rings. The molecule has 0 saturated carbocycles. The van der Waals surface area contributed by atoms with Gasteiger partial charge in [0.15, 0.2) is 0 Å². The summed E-state index contributed by atoms with van der Waals surface area (Å²) in [6, 6.07) is 11.1. The molecule has 0 amide bonds. The maximum atomic E-state index is 13.0. The molecule has 0 spiro atoms. The van der Waals surface area contributed by atoms with E-state index in [-0.39, 0.29) is 0 Å². The van der Waals surface area contributed by atoms with Crippen molar-refractivity contribution in [3.05, 3.63) is 47.5 Å². The first kappa shape index (κ1) is 19.5. The molecular weight excluding hydrogens is 364 g/mol. The number of hydrogen-bond donors (Lipinski definition) is 0. The molecule has 0 atom stereocenters. The van der Waals surface area contributed by atoms with Gasteiger partial charge < -0.3 is 14.4 Å². The molecule has 1 aliphatic heterocycles. The normalized spacial score (nSPS) is 15.6. The first-order valence-corrected chi connectivity index (χ1v) is 10.3. The van der Waals surface area contributed by atoms with Crippen LogP contribution in [0.2, 0.25) is 0 Å². The van der Waals surface area contributed by atoms with Gasteiger partial charge >= 0.3 is 0 Å². The summed E-state index contributed by atoms with van der Waals surface area (Å²) >= 11 is 0. The highest BCUT2D eigenvalue weighted by Gasteiger charge is 2.30. The molecule has 0 aliphatic carbocycles. The summed E-state index contributed by atoms with van der Waals surface area (Å²) in [5.41, 5.74) is 2.76. The summed E-state index contributed by atoms with van der Waals surface area (Å²) < 4.78 is 38.4. The second-order valence-corrected chi connectivity index (χ2v) is 8.60. The molecule has 0 N–H and O–H groups in total. The number of benzene rings is 2. The molecule has 1 heterocycles. The number of ether oxygens (including phenoxy) is 2. The lowest BCUT2D eigenvalue weighted by atomic mass is 10.2. The van der Waals surface area contributed by atoms with Crippen LogP contribution < -0.4 is 14.4 Å². The molecular formula is C20H26N2O4S. The highest BCUT2D eigenvalue weighted by molar-refractivity contribution is 7.89. The Kier molecular flexibility index (Phi) is 5.62. The fourth-order valence-electron chi connectivity index (χ4n) is 3.44. The predicted molar refractivity (Wildman–Crippen MR) is 106 cm³/mol. The molecule has 27 heavy (non-hydrogen) atoms. The van der Waals surface area contributed by atoms with E-state index >= 15 is 0 Å². The highest BCUT2D eigenvalue weighted by atomic mass is 32.2. The van der Waals surface area contributed by atoms with Gasteiger partial charge in [0.1, 0.15) is 11.5 Å². The minimum absolute atomic E-state index is 0.389. The number of anilines is 1. The first-order valence-electron chi connectivity index (χ1n) is 8.91. The summed E-state index contributed by atoms with van der Waals surface area (Å²) in [5.74, 6) is 1.50. The van der Waals surface area contributed by atoms with Crippen LogP contribution in [0.25, 0.3) is 0 Å². The zero-order valence-corrected chi connectivity index (χ0v) is 17.0. The van der Waals surface area contributed by atoms with Gasteiger partial charge in [-0.15, -0.1) is 0 Å². The molecule has 0 aromatic heterocycles. The van der Waals surface area contributed by atoms with E-state index in [4.69, 9.17) is 9.47 Å². The third-order valence-corrected chi connectivity index (χ3v) is 6.97. The van der Waals surface area contributed by atoms with Crippen molar-refractivity contribution in [3.63, 3.8) is 0 Å². The molecule has 1 aliphatic rings. The molecule has 3 rings (SSSR count). The highest BCUT2D eigenvalue weighted by Crippen LogP contribution is 2.33. The van der Waals surface area contributed by atoms with Crippen LogP contribution in [0.15, 0.2) is 41.3 Å². The fourth-order valence-corrected chi connectivity index (χ4v) is 5.07. The molecule has 7 heteroatoms. The quantitative estimate of drug-likeness (QED) is 0.786. The van der Waals surface area contributed by atoms with Gasteiger partial charge in [-0.3, -0.25) is 0 Å². The van der Waals surface area contributed by atoms with Crippen molar-refractivity contribution in [1.82, 2.24) is 4.31 Å². The van der Waals surface area contributed by atoms with Crippen LogP contribution >= 0.6 is 0 Å². The Hall–Kier alpha value is -2.25. The molecule has 0 radical (unpaired) electrons. The second kappa shape index (κ2) is 7.78. The minimum atomic E-state index is -3.49. The topological polar surface area (TPSA) is 59.1 Å². The lowest BCUT2D eigenvalue weighted by Crippen LogP contribution is -2.48. The average molecular weight is 391 g/mol. The molecule has 146 valence electrons. The SMILES string of the molecule is COc1ccc(OC)c(N2CCN(S(=O)(=O)c3ccc(C)cc3C)CC2)c1. The van der Waals surface area contributed by atoms with Gasteiger partial charge in [-0.1, -0.05) is 17.7 Å². The van der Waals surface area contributed by atoms with Crippen molar-refractivity contribution >= 4 is 15.7 Å². The first-order chi connectivity index (χ1) is 12.9. The van der Waals surface area contributed by atoms with Crippen molar-refractivity contribution in [2.45, 2.75) is 18.7 Å². The van der Waals surface area contributed by atoms with Gasteiger partial charge in [0.05, 0.1) is 24.8 Å². The van der Waals surface area contributed by atoms with Crippen LogP contribution in [-0.4, -0.2) is 53.1 Å². The summed E-state index contributed by atoms with van der Waals surface area (Å²) in [5, 5.41) is 0. The number of aryl methyl sites for hydroxylation is 2. The van der Waals surface area contributed by atoms with E-state index in [1.165, 1.54) is 0 Å². The van der Waals surface area contributed by atoms with Crippen LogP contribution in [-0.2, 0) is 10.0 Å². The number of nitrogens with zero attached hydrogens (tertiary/aromatic N) is 2. The van der Waals surface area contributed by atoms with Gasteiger partial charge in [-0.2, -0.15) is 4.31 Å². The van der Waals surface area contributed by atoms with Crippen LogP contribution in [0.4, 0.5) is 5.69 Å². The number of rotatable bonds is 5. The predicted octanol–water partition coefficient (Wildman–Crippen LogP) is 2.83. The summed E-state index contributed by atoms with van der Waals surface area (Å²) in [6.07, 6.45) is 0. The monoisotopic (exact) mass is 390 g/mol. The minimum Gasteiger partial charge on any atom is -0.497 e. The number of hydrogen-bond acceptors (Lipinski definition) is 5. The standard InChI is InChI=1S/C20H26N2O4S/c1-15-5-8-20(16(2)13-15)27(23,24)22-11-9-21(10-12-22)18-14-17(25-3)6-7-19(18)26-4/h5-8,13-14H,9-12H2,1-4H3. The van der Waals surface area contributed by atoms with Gasteiger partial charge in [0.25, 0.3) is 0 Å². The van der Waals surface area contributed by atoms with E-state index in [1.807, 2.05) is 44.2 Å². The van der Waals surface area contributed by atoms with E-state index in [0.29, 0.717) is 31.1 Å². The van der Waals surface area contributed by atoms with Crippen molar-refractivity contribution in [2.24, 2.45) is 0 Å². The molecule has 1 fully saturated rings. The summed E-state index contributed by atoms with van der Waals surface area (Å²) in [6.45, 7) is 5.84. The summed E-state index contributed by atoms with van der Waals surface area (Å²) in [4.78, 5) is 2.52. The molecule has 0 unspecified atom stereocenters. The number of piperazine rings is 1. The number of sulfonamides is 1. The Labute approximate surface area is 161 Å². The Bertz CT molecular complexity index is 920. The van der Waals surface area contributed by atoms with Crippen LogP contribution in [0.5, 0.6) is 11.5 Å². The van der Waals surface area contributed by atoms with Crippen molar-refractivity contribution < 1.29 is 17.9 Å². The van der Waals surface area contributed by atoms with E-state index in [0.717, 1.165) is 28.3 Å².